The molecule has 60 valence electrons. The van der Waals surface area contributed by atoms with Crippen LogP contribution in [0.2, 0.25) is 0 Å². The van der Waals surface area contributed by atoms with Crippen molar-refractivity contribution in [1.29, 1.82) is 0 Å². The number of thioether (sulfide) groups is 1. The van der Waals surface area contributed by atoms with Crippen molar-refractivity contribution in [2.75, 3.05) is 12.8 Å². The molecule has 0 bridgehead atoms. The lowest BCUT2D eigenvalue weighted by molar-refractivity contribution is 0.483. The van der Waals surface area contributed by atoms with E-state index >= 15 is 0 Å². The number of hydrogen-bond acceptors (Lipinski definition) is 4. The molecule has 1 aliphatic heterocycles. The van der Waals surface area contributed by atoms with Gasteiger partial charge in [0.25, 0.3) is 0 Å². The van der Waals surface area contributed by atoms with E-state index in [0.717, 1.165) is 30.6 Å². The Bertz CT molecular complexity index is 244. The normalized spacial score (nSPS) is 16.5. The minimum Gasteiger partial charge on any atom is -0.308 e. The summed E-state index contributed by atoms with van der Waals surface area (Å²) in [6, 6.07) is 0. The standard InChI is InChI=1S/C6H10N4S/c1-11-6-9-8-5-4-7-2-3-10(5)6/h7H,2-4H2,1H3. The third kappa shape index (κ3) is 1.14. The Labute approximate surface area is 69.4 Å². The van der Waals surface area contributed by atoms with Gasteiger partial charge >= 0.3 is 0 Å². The zero-order chi connectivity index (χ0) is 7.68. The first-order chi connectivity index (χ1) is 5.42. The van der Waals surface area contributed by atoms with E-state index in [-0.39, 0.29) is 0 Å². The lowest BCUT2D eigenvalue weighted by Crippen LogP contribution is -2.28. The Morgan fingerprint density at radius 1 is 1.55 bits per heavy atom. The summed E-state index contributed by atoms with van der Waals surface area (Å²) in [4.78, 5) is 0. The molecule has 0 aromatic carbocycles. The van der Waals surface area contributed by atoms with Crippen LogP contribution in [0, 0.1) is 0 Å². The van der Waals surface area contributed by atoms with E-state index < -0.39 is 0 Å². The van der Waals surface area contributed by atoms with Gasteiger partial charge in [-0.3, -0.25) is 0 Å². The Kier molecular flexibility index (Phi) is 1.83. The molecule has 0 atom stereocenters. The van der Waals surface area contributed by atoms with Gasteiger partial charge in [-0.25, -0.2) is 0 Å². The van der Waals surface area contributed by atoms with E-state index in [1.54, 1.807) is 11.8 Å². The molecule has 0 amide bonds. The van der Waals surface area contributed by atoms with Crippen LogP contribution in [0.4, 0.5) is 0 Å². The molecule has 11 heavy (non-hydrogen) atoms. The van der Waals surface area contributed by atoms with Gasteiger partial charge in [0.15, 0.2) is 5.16 Å². The van der Waals surface area contributed by atoms with Gasteiger partial charge in [-0.15, -0.1) is 10.2 Å². The molecule has 1 N–H and O–H groups in total. The molecule has 0 saturated heterocycles. The fourth-order valence-corrected chi connectivity index (χ4v) is 1.76. The molecule has 4 nitrogen and oxygen atoms in total. The highest BCUT2D eigenvalue weighted by molar-refractivity contribution is 7.98. The van der Waals surface area contributed by atoms with Gasteiger partial charge in [0.1, 0.15) is 5.82 Å². The van der Waals surface area contributed by atoms with Crippen LogP contribution in [0.1, 0.15) is 5.82 Å². The van der Waals surface area contributed by atoms with Crippen molar-refractivity contribution in [3.05, 3.63) is 5.82 Å². The molecule has 0 unspecified atom stereocenters. The van der Waals surface area contributed by atoms with Gasteiger partial charge in [0, 0.05) is 13.1 Å². The Morgan fingerprint density at radius 3 is 3.27 bits per heavy atom. The molecular weight excluding hydrogens is 160 g/mol. The molecule has 0 spiro atoms. The average molecular weight is 170 g/mol. The van der Waals surface area contributed by atoms with Gasteiger partial charge in [-0.05, 0) is 6.26 Å². The lowest BCUT2D eigenvalue weighted by Gasteiger charge is -2.14. The van der Waals surface area contributed by atoms with E-state index in [0.29, 0.717) is 0 Å². The lowest BCUT2D eigenvalue weighted by atomic mass is 10.4. The van der Waals surface area contributed by atoms with Crippen molar-refractivity contribution in [3.63, 3.8) is 0 Å². The van der Waals surface area contributed by atoms with Crippen LogP contribution in [0.15, 0.2) is 5.16 Å². The summed E-state index contributed by atoms with van der Waals surface area (Å²) >= 11 is 1.65. The highest BCUT2D eigenvalue weighted by atomic mass is 32.2. The van der Waals surface area contributed by atoms with E-state index in [4.69, 9.17) is 0 Å². The maximum atomic E-state index is 4.06. The molecule has 1 aliphatic rings. The third-order valence-corrected chi connectivity index (χ3v) is 2.44. The van der Waals surface area contributed by atoms with Crippen molar-refractivity contribution in [2.45, 2.75) is 18.2 Å². The van der Waals surface area contributed by atoms with Crippen molar-refractivity contribution < 1.29 is 0 Å². The molecule has 1 aromatic rings. The van der Waals surface area contributed by atoms with E-state index in [1.165, 1.54) is 0 Å². The summed E-state index contributed by atoms with van der Waals surface area (Å²) in [5, 5.41) is 12.4. The summed E-state index contributed by atoms with van der Waals surface area (Å²) in [5.74, 6) is 1.06. The summed E-state index contributed by atoms with van der Waals surface area (Å²) < 4.78 is 2.17. The molecule has 1 aromatic heterocycles. The first-order valence-electron chi connectivity index (χ1n) is 3.58. The molecule has 0 aliphatic carbocycles. The number of nitrogens with zero attached hydrogens (tertiary/aromatic N) is 3. The Morgan fingerprint density at radius 2 is 2.45 bits per heavy atom. The Balaban J connectivity index is 2.38. The zero-order valence-corrected chi connectivity index (χ0v) is 7.19. The monoisotopic (exact) mass is 170 g/mol. The van der Waals surface area contributed by atoms with E-state index in [2.05, 4.69) is 20.1 Å². The summed E-state index contributed by atoms with van der Waals surface area (Å²) in [5.41, 5.74) is 0. The number of nitrogens with one attached hydrogen (secondary N) is 1. The second-order valence-corrected chi connectivity index (χ2v) is 3.20. The number of rotatable bonds is 1. The minimum absolute atomic E-state index is 0.855. The number of hydrogen-bond donors (Lipinski definition) is 1. The molecule has 2 rings (SSSR count). The zero-order valence-electron chi connectivity index (χ0n) is 6.37. The first-order valence-corrected chi connectivity index (χ1v) is 4.81. The van der Waals surface area contributed by atoms with E-state index in [1.807, 2.05) is 6.26 Å². The van der Waals surface area contributed by atoms with Crippen LogP contribution in [-0.4, -0.2) is 27.6 Å². The number of fused-ring (bicyclic) bond motifs is 1. The minimum atomic E-state index is 0.855. The number of aromatic nitrogens is 3. The van der Waals surface area contributed by atoms with Crippen LogP contribution in [0.3, 0.4) is 0 Å². The highest BCUT2D eigenvalue weighted by Crippen LogP contribution is 2.14. The van der Waals surface area contributed by atoms with Crippen LogP contribution >= 0.6 is 11.8 Å². The topological polar surface area (TPSA) is 42.7 Å². The smallest absolute Gasteiger partial charge is 0.191 e. The van der Waals surface area contributed by atoms with Crippen LogP contribution in [0.25, 0.3) is 0 Å². The predicted molar refractivity (Wildman–Crippen MR) is 43.5 cm³/mol. The maximum absolute atomic E-state index is 4.06. The molecule has 0 saturated carbocycles. The molecular formula is C6H10N4S. The maximum Gasteiger partial charge on any atom is 0.191 e. The second-order valence-electron chi connectivity index (χ2n) is 2.43. The quantitative estimate of drug-likeness (QED) is 0.607. The van der Waals surface area contributed by atoms with Crippen LogP contribution in [0.5, 0.6) is 0 Å². The third-order valence-electron chi connectivity index (χ3n) is 1.77. The van der Waals surface area contributed by atoms with Crippen molar-refractivity contribution >= 4 is 11.8 Å². The van der Waals surface area contributed by atoms with Crippen LogP contribution in [-0.2, 0) is 13.1 Å². The molecule has 5 heteroatoms. The van der Waals surface area contributed by atoms with Gasteiger partial charge in [-0.1, -0.05) is 11.8 Å². The van der Waals surface area contributed by atoms with Gasteiger partial charge in [0.2, 0.25) is 0 Å². The van der Waals surface area contributed by atoms with Crippen molar-refractivity contribution in [3.8, 4) is 0 Å². The van der Waals surface area contributed by atoms with Crippen molar-refractivity contribution in [2.24, 2.45) is 0 Å². The first kappa shape index (κ1) is 7.12. The van der Waals surface area contributed by atoms with Gasteiger partial charge in [0.05, 0.1) is 6.54 Å². The molecule has 0 fully saturated rings. The van der Waals surface area contributed by atoms with E-state index in [9.17, 15) is 0 Å². The van der Waals surface area contributed by atoms with Crippen LogP contribution < -0.4 is 5.32 Å². The summed E-state index contributed by atoms with van der Waals surface area (Å²) in [7, 11) is 0. The largest absolute Gasteiger partial charge is 0.308 e. The van der Waals surface area contributed by atoms with Crippen molar-refractivity contribution in [1.82, 2.24) is 20.1 Å². The Hall–Kier alpha value is -0.550. The fraction of sp³-hybridized carbons (Fsp3) is 0.667. The molecule has 0 radical (unpaired) electrons. The van der Waals surface area contributed by atoms with Gasteiger partial charge in [-0.2, -0.15) is 0 Å². The second kappa shape index (κ2) is 2.83. The fourth-order valence-electron chi connectivity index (χ4n) is 1.22. The molecule has 2 heterocycles. The summed E-state index contributed by atoms with van der Waals surface area (Å²) in [6.07, 6.45) is 2.03. The predicted octanol–water partition coefficient (Wildman–Crippen LogP) is 0.103. The average Bonchev–Trinajstić information content (AvgIpc) is 2.47. The highest BCUT2D eigenvalue weighted by Gasteiger charge is 2.13. The van der Waals surface area contributed by atoms with Gasteiger partial charge < -0.3 is 9.88 Å². The SMILES string of the molecule is CSc1nnc2n1CCNC2. The summed E-state index contributed by atoms with van der Waals surface area (Å²) in [6.45, 7) is 2.88.